The van der Waals surface area contributed by atoms with Crippen molar-refractivity contribution in [2.45, 2.75) is 0 Å². The summed E-state index contributed by atoms with van der Waals surface area (Å²) in [4.78, 5) is 7.94. The molecule has 0 aliphatic carbocycles. The van der Waals surface area contributed by atoms with Crippen molar-refractivity contribution in [1.82, 2.24) is 9.97 Å². The number of nitrogens with two attached hydrogens (primary N) is 1. The molecule has 0 bridgehead atoms. The van der Waals surface area contributed by atoms with Crippen molar-refractivity contribution >= 4 is 5.95 Å². The van der Waals surface area contributed by atoms with Crippen LogP contribution in [0.1, 0.15) is 0 Å². The zero-order valence-electron chi connectivity index (χ0n) is 10.6. The second kappa shape index (κ2) is 5.87. The van der Waals surface area contributed by atoms with Crippen LogP contribution in [0.15, 0.2) is 30.5 Å². The number of hydrogen-bond acceptors (Lipinski definition) is 7. The van der Waals surface area contributed by atoms with Gasteiger partial charge in [-0.1, -0.05) is 0 Å². The Morgan fingerprint density at radius 1 is 1.05 bits per heavy atom. The number of aromatic nitrogens is 2. The van der Waals surface area contributed by atoms with E-state index in [2.05, 4.69) is 15.4 Å². The van der Waals surface area contributed by atoms with Crippen LogP contribution in [-0.4, -0.2) is 24.2 Å². The molecule has 0 spiro atoms. The summed E-state index contributed by atoms with van der Waals surface area (Å²) in [7, 11) is 3.14. The molecule has 1 aromatic heterocycles. The van der Waals surface area contributed by atoms with E-state index in [9.17, 15) is 0 Å². The largest absolute Gasteiger partial charge is 0.496 e. The van der Waals surface area contributed by atoms with Crippen LogP contribution in [-0.2, 0) is 0 Å². The fourth-order valence-electron chi connectivity index (χ4n) is 1.43. The average Bonchev–Trinajstić information content (AvgIpc) is 2.47. The van der Waals surface area contributed by atoms with Gasteiger partial charge >= 0.3 is 0 Å². The first-order valence-electron chi connectivity index (χ1n) is 5.45. The van der Waals surface area contributed by atoms with Gasteiger partial charge in [0.25, 0.3) is 0 Å². The molecule has 7 nitrogen and oxygen atoms in total. The lowest BCUT2D eigenvalue weighted by Gasteiger charge is -2.09. The number of methoxy groups -OCH3 is 2. The molecular formula is C12H14N4O3. The Balaban J connectivity index is 2.26. The van der Waals surface area contributed by atoms with Crippen molar-refractivity contribution in [3.63, 3.8) is 0 Å². The molecule has 0 unspecified atom stereocenters. The minimum absolute atomic E-state index is 0.271. The number of ether oxygens (including phenoxy) is 3. The summed E-state index contributed by atoms with van der Waals surface area (Å²) in [5, 5.41) is 0. The maximum absolute atomic E-state index is 5.60. The first-order chi connectivity index (χ1) is 9.25. The lowest BCUT2D eigenvalue weighted by atomic mass is 10.3. The molecular weight excluding hydrogens is 248 g/mol. The van der Waals surface area contributed by atoms with Gasteiger partial charge in [0.15, 0.2) is 0 Å². The molecule has 7 heteroatoms. The summed E-state index contributed by atoms with van der Waals surface area (Å²) >= 11 is 0. The molecule has 100 valence electrons. The number of hydrazine groups is 1. The van der Waals surface area contributed by atoms with E-state index in [0.29, 0.717) is 23.1 Å². The van der Waals surface area contributed by atoms with Gasteiger partial charge in [-0.15, -0.1) is 0 Å². The van der Waals surface area contributed by atoms with Gasteiger partial charge in [-0.05, 0) is 0 Å². The fourth-order valence-corrected chi connectivity index (χ4v) is 1.43. The fraction of sp³-hybridized carbons (Fsp3) is 0.167. The summed E-state index contributed by atoms with van der Waals surface area (Å²) in [6.07, 6.45) is 1.54. The minimum atomic E-state index is 0.271. The Morgan fingerprint density at radius 3 is 2.26 bits per heavy atom. The van der Waals surface area contributed by atoms with Gasteiger partial charge in [0, 0.05) is 30.5 Å². The molecule has 0 atom stereocenters. The van der Waals surface area contributed by atoms with E-state index in [-0.39, 0.29) is 5.95 Å². The van der Waals surface area contributed by atoms with E-state index < -0.39 is 0 Å². The molecule has 19 heavy (non-hydrogen) atoms. The van der Waals surface area contributed by atoms with Crippen molar-refractivity contribution in [1.29, 1.82) is 0 Å². The SMILES string of the molecule is COc1cc(OC)cc(Oc2ccnc(NN)n2)c1. The third kappa shape index (κ3) is 3.23. The molecule has 0 saturated carbocycles. The highest BCUT2D eigenvalue weighted by atomic mass is 16.5. The zero-order chi connectivity index (χ0) is 13.7. The number of hydrogen-bond donors (Lipinski definition) is 2. The molecule has 0 amide bonds. The molecule has 0 aliphatic heterocycles. The lowest BCUT2D eigenvalue weighted by molar-refractivity contribution is 0.385. The van der Waals surface area contributed by atoms with Crippen LogP contribution in [0.4, 0.5) is 5.95 Å². The van der Waals surface area contributed by atoms with Crippen molar-refractivity contribution in [3.8, 4) is 23.1 Å². The number of benzene rings is 1. The zero-order valence-corrected chi connectivity index (χ0v) is 10.6. The van der Waals surface area contributed by atoms with Crippen LogP contribution in [0, 0.1) is 0 Å². The number of nitrogens with one attached hydrogen (secondary N) is 1. The normalized spacial score (nSPS) is 9.84. The van der Waals surface area contributed by atoms with Gasteiger partial charge in [-0.2, -0.15) is 4.98 Å². The highest BCUT2D eigenvalue weighted by Gasteiger charge is 2.05. The maximum Gasteiger partial charge on any atom is 0.240 e. The molecule has 1 aromatic carbocycles. The second-order valence-corrected chi connectivity index (χ2v) is 3.51. The number of nitrogen functional groups attached to an aromatic ring is 1. The summed E-state index contributed by atoms with van der Waals surface area (Å²) in [6.45, 7) is 0. The van der Waals surface area contributed by atoms with Crippen molar-refractivity contribution < 1.29 is 14.2 Å². The number of rotatable bonds is 5. The first-order valence-corrected chi connectivity index (χ1v) is 5.45. The highest BCUT2D eigenvalue weighted by Crippen LogP contribution is 2.30. The average molecular weight is 262 g/mol. The quantitative estimate of drug-likeness (QED) is 0.624. The molecule has 0 aliphatic rings. The highest BCUT2D eigenvalue weighted by molar-refractivity contribution is 5.43. The Kier molecular flexibility index (Phi) is 3.99. The van der Waals surface area contributed by atoms with E-state index in [4.69, 9.17) is 20.1 Å². The van der Waals surface area contributed by atoms with Crippen molar-refractivity contribution in [2.75, 3.05) is 19.6 Å². The van der Waals surface area contributed by atoms with Crippen molar-refractivity contribution in [3.05, 3.63) is 30.5 Å². The topological polar surface area (TPSA) is 91.5 Å². The standard InChI is InChI=1S/C12H14N4O3/c1-17-8-5-9(18-2)7-10(6-8)19-11-3-4-14-12(15-11)16-13/h3-7H,13H2,1-2H3,(H,14,15,16). The minimum Gasteiger partial charge on any atom is -0.496 e. The third-order valence-electron chi connectivity index (χ3n) is 2.31. The van der Waals surface area contributed by atoms with E-state index in [1.165, 1.54) is 6.20 Å². The van der Waals surface area contributed by atoms with Crippen LogP contribution in [0.5, 0.6) is 23.1 Å². The van der Waals surface area contributed by atoms with Crippen LogP contribution < -0.4 is 25.5 Å². The Hall–Kier alpha value is -2.54. The predicted molar refractivity (Wildman–Crippen MR) is 69.5 cm³/mol. The van der Waals surface area contributed by atoms with Gasteiger partial charge in [0.2, 0.25) is 11.8 Å². The van der Waals surface area contributed by atoms with Crippen LogP contribution in [0.2, 0.25) is 0 Å². The van der Waals surface area contributed by atoms with E-state index in [0.717, 1.165) is 0 Å². The number of nitrogens with zero attached hydrogens (tertiary/aromatic N) is 2. The molecule has 2 aromatic rings. The molecule has 0 fully saturated rings. The molecule has 0 saturated heterocycles. The molecule has 0 radical (unpaired) electrons. The van der Waals surface area contributed by atoms with Gasteiger partial charge in [0.05, 0.1) is 14.2 Å². The maximum atomic E-state index is 5.60. The van der Waals surface area contributed by atoms with Crippen LogP contribution in [0.25, 0.3) is 0 Å². The lowest BCUT2D eigenvalue weighted by Crippen LogP contribution is -2.10. The summed E-state index contributed by atoms with van der Waals surface area (Å²) < 4.78 is 15.9. The Morgan fingerprint density at radius 2 is 1.68 bits per heavy atom. The summed E-state index contributed by atoms with van der Waals surface area (Å²) in [5.74, 6) is 7.65. The van der Waals surface area contributed by atoms with E-state index >= 15 is 0 Å². The Labute approximate surface area is 110 Å². The first kappa shape index (κ1) is 12.9. The second-order valence-electron chi connectivity index (χ2n) is 3.51. The summed E-state index contributed by atoms with van der Waals surface area (Å²) in [5.41, 5.74) is 2.35. The van der Waals surface area contributed by atoms with Crippen LogP contribution >= 0.6 is 0 Å². The van der Waals surface area contributed by atoms with Gasteiger partial charge in [-0.25, -0.2) is 10.8 Å². The van der Waals surface area contributed by atoms with E-state index in [1.54, 1.807) is 38.5 Å². The van der Waals surface area contributed by atoms with Crippen LogP contribution in [0.3, 0.4) is 0 Å². The van der Waals surface area contributed by atoms with Gasteiger partial charge < -0.3 is 14.2 Å². The van der Waals surface area contributed by atoms with Gasteiger partial charge in [0.1, 0.15) is 17.2 Å². The smallest absolute Gasteiger partial charge is 0.240 e. The predicted octanol–water partition coefficient (Wildman–Crippen LogP) is 1.57. The molecule has 3 N–H and O–H groups in total. The van der Waals surface area contributed by atoms with Gasteiger partial charge in [-0.3, -0.25) is 5.43 Å². The third-order valence-corrected chi connectivity index (χ3v) is 2.31. The molecule has 2 rings (SSSR count). The number of anilines is 1. The monoisotopic (exact) mass is 262 g/mol. The van der Waals surface area contributed by atoms with Crippen molar-refractivity contribution in [2.24, 2.45) is 5.84 Å². The van der Waals surface area contributed by atoms with E-state index in [1.807, 2.05) is 0 Å². The Bertz CT molecular complexity index is 540. The summed E-state index contributed by atoms with van der Waals surface area (Å²) in [6, 6.07) is 6.81. The molecule has 1 heterocycles.